The highest BCUT2D eigenvalue weighted by atomic mass is 16.5. The van der Waals surface area contributed by atoms with Gasteiger partial charge in [0.1, 0.15) is 11.6 Å². The van der Waals surface area contributed by atoms with Crippen molar-refractivity contribution in [1.82, 2.24) is 4.98 Å². The van der Waals surface area contributed by atoms with Gasteiger partial charge in [0, 0.05) is 12.3 Å². The lowest BCUT2D eigenvalue weighted by atomic mass is 10.1. The van der Waals surface area contributed by atoms with Crippen molar-refractivity contribution in [1.29, 1.82) is 0 Å². The molecule has 1 heterocycles. The van der Waals surface area contributed by atoms with E-state index in [-0.39, 0.29) is 5.91 Å². The number of nitrogen functional groups attached to an aromatic ring is 1. The first-order valence-electron chi connectivity index (χ1n) is 7.03. The monoisotopic (exact) mass is 297 g/mol. The van der Waals surface area contributed by atoms with Gasteiger partial charge in [-0.15, -0.1) is 0 Å². The van der Waals surface area contributed by atoms with Gasteiger partial charge in [-0.3, -0.25) is 4.79 Å². The Balaban J connectivity index is 2.04. The fraction of sp³-hybridized carbons (Fsp3) is 0.176. The molecule has 114 valence electrons. The van der Waals surface area contributed by atoms with Crippen molar-refractivity contribution in [2.75, 3.05) is 17.7 Å². The molecule has 0 aliphatic carbocycles. The molecule has 3 N–H and O–H groups in total. The van der Waals surface area contributed by atoms with Gasteiger partial charge in [-0.05, 0) is 49.2 Å². The predicted octanol–water partition coefficient (Wildman–Crippen LogP) is 3.02. The van der Waals surface area contributed by atoms with Crippen LogP contribution in [0.2, 0.25) is 0 Å². The number of amides is 1. The first-order valence-corrected chi connectivity index (χ1v) is 7.03. The molecule has 0 bridgehead atoms. The molecule has 22 heavy (non-hydrogen) atoms. The first-order chi connectivity index (χ1) is 10.6. The molecule has 0 atom stereocenters. The molecule has 5 heteroatoms. The molecule has 0 unspecified atom stereocenters. The van der Waals surface area contributed by atoms with E-state index in [9.17, 15) is 4.79 Å². The number of hydrogen-bond acceptors (Lipinski definition) is 4. The third kappa shape index (κ3) is 4.09. The highest BCUT2D eigenvalue weighted by molar-refractivity contribution is 6.01. The molecule has 2 aromatic rings. The summed E-state index contributed by atoms with van der Waals surface area (Å²) >= 11 is 0. The van der Waals surface area contributed by atoms with E-state index in [4.69, 9.17) is 10.5 Å². The largest absolute Gasteiger partial charge is 0.492 e. The molecule has 2 rings (SSSR count). The number of benzene rings is 1. The lowest BCUT2D eigenvalue weighted by Crippen LogP contribution is -2.10. The maximum atomic E-state index is 11.9. The van der Waals surface area contributed by atoms with Gasteiger partial charge in [-0.1, -0.05) is 12.1 Å². The molecule has 0 saturated heterocycles. The molecule has 0 aliphatic heterocycles. The van der Waals surface area contributed by atoms with Crippen LogP contribution in [-0.4, -0.2) is 17.5 Å². The minimum Gasteiger partial charge on any atom is -0.492 e. The van der Waals surface area contributed by atoms with Crippen molar-refractivity contribution in [2.45, 2.75) is 13.8 Å². The zero-order valence-corrected chi connectivity index (χ0v) is 12.7. The van der Waals surface area contributed by atoms with Gasteiger partial charge < -0.3 is 15.8 Å². The number of nitrogens with one attached hydrogen (secondary N) is 1. The van der Waals surface area contributed by atoms with E-state index in [1.165, 1.54) is 6.08 Å². The molecule has 0 saturated carbocycles. The number of nitrogens with two attached hydrogens (primary N) is 1. The molecular weight excluding hydrogens is 278 g/mol. The molecule has 5 nitrogen and oxygen atoms in total. The molecule has 1 aromatic carbocycles. The van der Waals surface area contributed by atoms with E-state index >= 15 is 0 Å². The Morgan fingerprint density at radius 1 is 1.41 bits per heavy atom. The summed E-state index contributed by atoms with van der Waals surface area (Å²) in [5, 5.41) is 2.73. The van der Waals surface area contributed by atoms with E-state index < -0.39 is 0 Å². The second-order valence-electron chi connectivity index (χ2n) is 4.72. The summed E-state index contributed by atoms with van der Waals surface area (Å²) < 4.78 is 5.37. The third-order valence-electron chi connectivity index (χ3n) is 3.01. The van der Waals surface area contributed by atoms with E-state index in [0.717, 1.165) is 11.1 Å². The van der Waals surface area contributed by atoms with E-state index in [0.29, 0.717) is 23.9 Å². The Bertz CT molecular complexity index is 696. The van der Waals surface area contributed by atoms with Crippen LogP contribution in [-0.2, 0) is 4.79 Å². The summed E-state index contributed by atoms with van der Waals surface area (Å²) in [6.45, 7) is 4.35. The number of ether oxygens (including phenoxy) is 1. The van der Waals surface area contributed by atoms with E-state index in [2.05, 4.69) is 10.3 Å². The van der Waals surface area contributed by atoms with Gasteiger partial charge >= 0.3 is 0 Å². The number of hydrogen-bond donors (Lipinski definition) is 2. The quantitative estimate of drug-likeness (QED) is 0.657. The van der Waals surface area contributed by atoms with E-state index in [1.807, 2.05) is 32.0 Å². The summed E-state index contributed by atoms with van der Waals surface area (Å²) in [5.74, 6) is 0.964. The number of carbonyl (C=O) groups is 1. The molecule has 1 amide bonds. The average Bonchev–Trinajstić information content (AvgIpc) is 2.50. The number of rotatable bonds is 5. The summed E-state index contributed by atoms with van der Waals surface area (Å²) in [6.07, 6.45) is 4.78. The number of anilines is 2. The number of carbonyl (C=O) groups excluding carboxylic acids is 1. The Kier molecular flexibility index (Phi) is 5.14. The van der Waals surface area contributed by atoms with Crippen LogP contribution in [0.1, 0.15) is 18.1 Å². The Morgan fingerprint density at radius 3 is 2.91 bits per heavy atom. The van der Waals surface area contributed by atoms with Crippen LogP contribution in [0.15, 0.2) is 42.6 Å². The smallest absolute Gasteiger partial charge is 0.249 e. The molecular formula is C17H19N3O2. The minimum absolute atomic E-state index is 0.241. The Labute approximate surface area is 129 Å². The number of nitrogens with zero attached hydrogens (tertiary/aromatic N) is 1. The van der Waals surface area contributed by atoms with Crippen LogP contribution in [0.5, 0.6) is 5.75 Å². The summed E-state index contributed by atoms with van der Waals surface area (Å²) in [7, 11) is 0. The molecule has 0 radical (unpaired) electrons. The van der Waals surface area contributed by atoms with Crippen LogP contribution >= 0.6 is 0 Å². The predicted molar refractivity (Wildman–Crippen MR) is 88.7 cm³/mol. The van der Waals surface area contributed by atoms with Crippen LogP contribution in [0.25, 0.3) is 6.08 Å². The van der Waals surface area contributed by atoms with Gasteiger partial charge in [-0.2, -0.15) is 0 Å². The van der Waals surface area contributed by atoms with E-state index in [1.54, 1.807) is 24.4 Å². The summed E-state index contributed by atoms with van der Waals surface area (Å²) in [6, 6.07) is 9.11. The van der Waals surface area contributed by atoms with Gasteiger partial charge in [0.05, 0.1) is 12.3 Å². The van der Waals surface area contributed by atoms with Crippen molar-refractivity contribution in [3.8, 4) is 5.75 Å². The standard InChI is InChI=1S/C17H19N3O2/c1-3-22-15-8-6-13(11-14(15)18)7-9-16(21)20-17-12(2)5-4-10-19-17/h4-11H,3,18H2,1-2H3,(H,19,20,21)/b9-7-. The van der Waals surface area contributed by atoms with Crippen molar-refractivity contribution in [2.24, 2.45) is 0 Å². The highest BCUT2D eigenvalue weighted by Gasteiger charge is 2.03. The SMILES string of the molecule is CCOc1ccc(/C=C\C(=O)Nc2ncccc2C)cc1N. The topological polar surface area (TPSA) is 77.2 Å². The Hall–Kier alpha value is -2.82. The van der Waals surface area contributed by atoms with Gasteiger partial charge in [0.2, 0.25) is 5.91 Å². The minimum atomic E-state index is -0.241. The maximum Gasteiger partial charge on any atom is 0.249 e. The van der Waals surface area contributed by atoms with Crippen molar-refractivity contribution >= 4 is 23.5 Å². The highest BCUT2D eigenvalue weighted by Crippen LogP contribution is 2.23. The average molecular weight is 297 g/mol. The fourth-order valence-electron chi connectivity index (χ4n) is 1.90. The Morgan fingerprint density at radius 2 is 2.23 bits per heavy atom. The van der Waals surface area contributed by atoms with Gasteiger partial charge in [0.25, 0.3) is 0 Å². The van der Waals surface area contributed by atoms with Crippen LogP contribution < -0.4 is 15.8 Å². The molecule has 1 aromatic heterocycles. The zero-order valence-electron chi connectivity index (χ0n) is 12.7. The maximum absolute atomic E-state index is 11.9. The van der Waals surface area contributed by atoms with Gasteiger partial charge in [0.15, 0.2) is 0 Å². The van der Waals surface area contributed by atoms with Crippen LogP contribution in [0, 0.1) is 6.92 Å². The van der Waals surface area contributed by atoms with Crippen molar-refractivity contribution in [3.05, 3.63) is 53.7 Å². The van der Waals surface area contributed by atoms with Crippen LogP contribution in [0.4, 0.5) is 11.5 Å². The number of aromatic nitrogens is 1. The third-order valence-corrected chi connectivity index (χ3v) is 3.01. The fourth-order valence-corrected chi connectivity index (χ4v) is 1.90. The van der Waals surface area contributed by atoms with Gasteiger partial charge in [-0.25, -0.2) is 4.98 Å². The molecule has 0 aliphatic rings. The normalized spacial score (nSPS) is 10.6. The zero-order chi connectivity index (χ0) is 15.9. The number of pyridine rings is 1. The van der Waals surface area contributed by atoms with Crippen LogP contribution in [0.3, 0.4) is 0 Å². The lowest BCUT2D eigenvalue weighted by Gasteiger charge is -2.07. The molecule has 0 fully saturated rings. The van der Waals surface area contributed by atoms with Crippen molar-refractivity contribution in [3.63, 3.8) is 0 Å². The van der Waals surface area contributed by atoms with Crippen molar-refractivity contribution < 1.29 is 9.53 Å². The number of aryl methyl sites for hydroxylation is 1. The molecule has 0 spiro atoms. The summed E-state index contributed by atoms with van der Waals surface area (Å²) in [4.78, 5) is 16.0. The lowest BCUT2D eigenvalue weighted by molar-refractivity contribution is -0.111. The first kappa shape index (κ1) is 15.6. The summed E-state index contributed by atoms with van der Waals surface area (Å²) in [5.41, 5.74) is 8.17. The second kappa shape index (κ2) is 7.26. The second-order valence-corrected chi connectivity index (χ2v) is 4.72.